The van der Waals surface area contributed by atoms with Crippen LogP contribution in [0.3, 0.4) is 0 Å². The molecule has 0 aromatic carbocycles. The van der Waals surface area contributed by atoms with Gasteiger partial charge in [-0.2, -0.15) is 28.1 Å². The second-order valence-corrected chi connectivity index (χ2v) is 16.2. The first-order valence-corrected chi connectivity index (χ1v) is 16.0. The predicted octanol–water partition coefficient (Wildman–Crippen LogP) is 4.45. The number of azo groups is 1. The second-order valence-electron chi connectivity index (χ2n) is 14.7. The third-order valence-corrected chi connectivity index (χ3v) is 7.80. The molecule has 0 heterocycles. The van der Waals surface area contributed by atoms with Crippen molar-refractivity contribution in [3.63, 3.8) is 0 Å². The summed E-state index contributed by atoms with van der Waals surface area (Å²) in [5, 5.41) is 9.15. The van der Waals surface area contributed by atoms with E-state index in [0.717, 1.165) is 38.5 Å². The normalized spacial score (nSPS) is 18.6. The molecule has 2 saturated carbocycles. The van der Waals surface area contributed by atoms with Crippen molar-refractivity contribution in [3.8, 4) is 0 Å². The van der Waals surface area contributed by atoms with Crippen molar-refractivity contribution in [2.75, 3.05) is 0 Å². The predicted molar refractivity (Wildman–Crippen MR) is 156 cm³/mol. The first kappa shape index (κ1) is 40.9. The zero-order valence-corrected chi connectivity index (χ0v) is 30.1. The van der Waals surface area contributed by atoms with E-state index >= 15 is 0 Å². The average Bonchev–Trinajstić information content (AvgIpc) is 2.71. The van der Waals surface area contributed by atoms with Crippen molar-refractivity contribution in [3.05, 3.63) is 0 Å². The summed E-state index contributed by atoms with van der Waals surface area (Å²) in [6, 6.07) is 0.615. The number of halogens is 1. The molecule has 2 rings (SSSR count). The molecule has 2 N–H and O–H groups in total. The summed E-state index contributed by atoms with van der Waals surface area (Å²) < 4.78 is 37.7. The molecule has 38 heavy (non-hydrogen) atoms. The van der Waals surface area contributed by atoms with Crippen molar-refractivity contribution in [2.45, 2.75) is 169 Å². The Hall–Kier alpha value is 0.720. The summed E-state index contributed by atoms with van der Waals surface area (Å²) in [7, 11) is -3.41. The maximum absolute atomic E-state index is 12.2. The third-order valence-electron chi connectivity index (χ3n) is 6.34. The maximum atomic E-state index is 12.2. The van der Waals surface area contributed by atoms with Gasteiger partial charge in [0.15, 0.2) is 0 Å². The smallest absolute Gasteiger partial charge is 0.769 e. The van der Waals surface area contributed by atoms with Gasteiger partial charge in [0.1, 0.15) is 0 Å². The van der Waals surface area contributed by atoms with Gasteiger partial charge in [-0.1, -0.05) is 80.1 Å². The van der Waals surface area contributed by atoms with Gasteiger partial charge in [-0.25, -0.2) is 11.9 Å². The van der Waals surface area contributed by atoms with Crippen molar-refractivity contribution in [2.24, 2.45) is 21.1 Å². The maximum Gasteiger partial charge on any atom is 1.00 e. The van der Waals surface area contributed by atoms with E-state index in [1.165, 1.54) is 38.5 Å². The van der Waals surface area contributed by atoms with Crippen LogP contribution in [0.15, 0.2) is 10.2 Å². The van der Waals surface area contributed by atoms with Gasteiger partial charge in [-0.3, -0.25) is 0 Å². The summed E-state index contributed by atoms with van der Waals surface area (Å²) >= 11 is 3.39. The largest absolute Gasteiger partial charge is 1.00 e. The van der Waals surface area contributed by atoms with Gasteiger partial charge < -0.3 is 4.66 Å². The molecule has 222 valence electrons. The molecule has 0 bridgehead atoms. The Morgan fingerprint density at radius 3 is 1.58 bits per heavy atom. The molecule has 0 spiro atoms. The van der Waals surface area contributed by atoms with E-state index in [-0.39, 0.29) is 46.6 Å². The molecule has 0 radical (unpaired) electrons. The Morgan fingerprint density at radius 2 is 1.16 bits per heavy atom. The molecule has 2 aliphatic carbocycles. The van der Waals surface area contributed by atoms with Crippen LogP contribution in [0.4, 0.5) is 0 Å². The second kappa shape index (κ2) is 18.3. The van der Waals surface area contributed by atoms with Crippen molar-refractivity contribution in [1.82, 2.24) is 9.44 Å². The number of hydrogen-bond acceptors (Lipinski definition) is 5. The van der Waals surface area contributed by atoms with E-state index in [1.807, 2.05) is 13.8 Å². The zero-order chi connectivity index (χ0) is 29.0. The van der Waals surface area contributed by atoms with Crippen LogP contribution in [0.25, 0.3) is 0 Å². The average molecular weight is 589 g/mol. The molecule has 0 aromatic heterocycles. The SMILES string of the molecule is CC(C)(C)CC(C)(C)N=NC1CCCCC1.CC(C)(C)CC(C)(C)NS(=O)(=O)NC1CCCCC1.[Na+].[O-]Cl. The van der Waals surface area contributed by atoms with Crippen LogP contribution < -0.4 is 43.7 Å². The van der Waals surface area contributed by atoms with Crippen LogP contribution in [-0.2, 0) is 10.2 Å². The Kier molecular flexibility index (Phi) is 19.7. The van der Waals surface area contributed by atoms with Crippen LogP contribution in [0, 0.1) is 10.8 Å². The summed E-state index contributed by atoms with van der Waals surface area (Å²) in [6.07, 6.45) is 13.8. The summed E-state index contributed by atoms with van der Waals surface area (Å²) in [5.74, 6) is 0. The summed E-state index contributed by atoms with van der Waals surface area (Å²) in [4.78, 5) is 0. The van der Waals surface area contributed by atoms with Crippen molar-refractivity contribution < 1.29 is 42.6 Å². The molecule has 0 aromatic rings. The van der Waals surface area contributed by atoms with Gasteiger partial charge in [-0.15, -0.1) is 0 Å². The Bertz CT molecular complexity index is 751. The summed E-state index contributed by atoms with van der Waals surface area (Å²) in [5.41, 5.74) is -0.0135. The minimum Gasteiger partial charge on any atom is -0.769 e. The zero-order valence-electron chi connectivity index (χ0n) is 26.5. The monoisotopic (exact) mass is 588 g/mol. The van der Waals surface area contributed by atoms with Crippen LogP contribution in [-0.4, -0.2) is 31.6 Å². The van der Waals surface area contributed by atoms with Crippen LogP contribution in [0.2, 0.25) is 0 Å². The van der Waals surface area contributed by atoms with E-state index in [9.17, 15) is 8.42 Å². The fraction of sp³-hybridized carbons (Fsp3) is 1.00. The number of nitrogens with one attached hydrogen (secondary N) is 2. The molecular formula is C28H58ClN4NaO3S. The third kappa shape index (κ3) is 22.4. The molecule has 0 unspecified atom stereocenters. The van der Waals surface area contributed by atoms with Gasteiger partial charge in [0.2, 0.25) is 0 Å². The molecule has 0 saturated heterocycles. The minimum absolute atomic E-state index is 0. The van der Waals surface area contributed by atoms with Crippen molar-refractivity contribution in [1.29, 1.82) is 0 Å². The fourth-order valence-corrected chi connectivity index (χ4v) is 7.50. The molecule has 2 aliphatic rings. The van der Waals surface area contributed by atoms with Gasteiger partial charge in [0.05, 0.1) is 11.6 Å². The minimum atomic E-state index is -3.41. The Balaban J connectivity index is 0. The van der Waals surface area contributed by atoms with E-state index in [4.69, 9.17) is 4.66 Å². The van der Waals surface area contributed by atoms with Gasteiger partial charge in [0, 0.05) is 11.6 Å². The fourth-order valence-electron chi connectivity index (χ4n) is 5.96. The van der Waals surface area contributed by atoms with E-state index in [2.05, 4.69) is 86.9 Å². The van der Waals surface area contributed by atoms with E-state index < -0.39 is 15.7 Å². The molecule has 0 aliphatic heterocycles. The van der Waals surface area contributed by atoms with E-state index in [1.54, 1.807) is 0 Å². The van der Waals surface area contributed by atoms with Crippen LogP contribution in [0.1, 0.15) is 146 Å². The quantitative estimate of drug-likeness (QED) is 0.323. The standard InChI is InChI=1S/C14H30N2O2S.C14H28N2.ClO.Na/c1-13(2,3)11-14(4,5)16-19(17,18)15-12-9-7-6-8-10-12;1-13(2,3)11-14(4,5)16-15-12-9-7-6-8-10-12;1-2;/h12,15-16H,6-11H2,1-5H3;12H,6-11H2,1-5H3;;/q;;-1;+1. The number of rotatable bonds is 8. The Morgan fingerprint density at radius 1 is 0.737 bits per heavy atom. The number of hydrogen-bond donors (Lipinski definition) is 2. The van der Waals surface area contributed by atoms with Crippen molar-refractivity contribution >= 4 is 22.1 Å². The van der Waals surface area contributed by atoms with Crippen LogP contribution >= 0.6 is 11.9 Å². The Labute approximate surface area is 263 Å². The number of nitrogens with zero attached hydrogens (tertiary/aromatic N) is 2. The molecule has 0 atom stereocenters. The molecular weight excluding hydrogens is 531 g/mol. The summed E-state index contributed by atoms with van der Waals surface area (Å²) in [6.45, 7) is 21.5. The van der Waals surface area contributed by atoms with E-state index in [0.29, 0.717) is 11.5 Å². The van der Waals surface area contributed by atoms with Gasteiger partial charge >= 0.3 is 29.6 Å². The van der Waals surface area contributed by atoms with Gasteiger partial charge in [-0.05, 0) is 77.0 Å². The van der Waals surface area contributed by atoms with Gasteiger partial charge in [0.25, 0.3) is 10.2 Å². The molecule has 2 fully saturated rings. The first-order chi connectivity index (χ1) is 16.8. The topological polar surface area (TPSA) is 106 Å². The molecule has 0 amide bonds. The molecule has 10 heteroatoms. The first-order valence-electron chi connectivity index (χ1n) is 14.2. The van der Waals surface area contributed by atoms with Crippen LogP contribution in [0.5, 0.6) is 0 Å². The molecule has 7 nitrogen and oxygen atoms in total.